The summed E-state index contributed by atoms with van der Waals surface area (Å²) in [6.45, 7) is 3.60. The summed E-state index contributed by atoms with van der Waals surface area (Å²) in [5.41, 5.74) is 8.11. The number of H-pyrrole nitrogens is 1. The molecule has 0 saturated carbocycles. The Morgan fingerprint density at radius 3 is 2.62 bits per heavy atom. The Balaban J connectivity index is 0.00000240. The molecule has 9 heteroatoms. The zero-order valence-corrected chi connectivity index (χ0v) is 16.8. The molecule has 0 radical (unpaired) electrons. The third-order valence-electron chi connectivity index (χ3n) is 5.38. The predicted molar refractivity (Wildman–Crippen MR) is 112 cm³/mol. The highest BCUT2D eigenvalue weighted by Gasteiger charge is 2.36. The summed E-state index contributed by atoms with van der Waals surface area (Å²) in [6.07, 6.45) is 1.55. The van der Waals surface area contributed by atoms with Crippen LogP contribution in [0.1, 0.15) is 27.5 Å². The maximum Gasteiger partial charge on any atom is 0.264 e. The number of nitrogens with two attached hydrogens (primary N) is 1. The first-order chi connectivity index (χ1) is 13.6. The topological polar surface area (TPSA) is 110 Å². The van der Waals surface area contributed by atoms with Crippen molar-refractivity contribution in [1.29, 1.82) is 0 Å². The molecule has 1 amide bonds. The van der Waals surface area contributed by atoms with Gasteiger partial charge < -0.3 is 10.6 Å². The van der Waals surface area contributed by atoms with Crippen molar-refractivity contribution in [3.05, 3.63) is 75.8 Å². The Morgan fingerprint density at radius 2 is 1.97 bits per heavy atom. The van der Waals surface area contributed by atoms with Crippen molar-refractivity contribution < 1.29 is 4.79 Å². The highest BCUT2D eigenvalue weighted by Crippen LogP contribution is 2.33. The fourth-order valence-electron chi connectivity index (χ4n) is 3.83. The zero-order valence-electron chi connectivity index (χ0n) is 16.0. The Bertz CT molecular complexity index is 1030. The fourth-order valence-corrected chi connectivity index (χ4v) is 3.83. The van der Waals surface area contributed by atoms with E-state index in [1.807, 2.05) is 30.0 Å². The zero-order chi connectivity index (χ0) is 19.7. The van der Waals surface area contributed by atoms with E-state index >= 15 is 0 Å². The molecule has 2 aromatic heterocycles. The third-order valence-corrected chi connectivity index (χ3v) is 5.38. The molecule has 152 valence electrons. The van der Waals surface area contributed by atoms with Gasteiger partial charge in [0.1, 0.15) is 0 Å². The third kappa shape index (κ3) is 3.94. The van der Waals surface area contributed by atoms with E-state index in [-0.39, 0.29) is 35.7 Å². The number of nitrogens with one attached hydrogen (secondary N) is 1. The molecule has 0 spiro atoms. The van der Waals surface area contributed by atoms with Gasteiger partial charge in [0, 0.05) is 25.1 Å². The van der Waals surface area contributed by atoms with E-state index < -0.39 is 0 Å². The van der Waals surface area contributed by atoms with Crippen molar-refractivity contribution in [1.82, 2.24) is 24.9 Å². The van der Waals surface area contributed by atoms with Gasteiger partial charge in [-0.1, -0.05) is 30.3 Å². The van der Waals surface area contributed by atoms with Gasteiger partial charge in [-0.05, 0) is 31.0 Å². The van der Waals surface area contributed by atoms with E-state index in [2.05, 4.69) is 27.4 Å². The fraction of sp³-hybridized carbons (Fsp3) is 0.300. The van der Waals surface area contributed by atoms with Gasteiger partial charge in [0.25, 0.3) is 11.5 Å². The van der Waals surface area contributed by atoms with Crippen molar-refractivity contribution in [2.45, 2.75) is 12.8 Å². The number of aromatic nitrogens is 4. The normalized spacial score (nSPS) is 18.5. The average molecular weight is 415 g/mol. The number of amides is 1. The van der Waals surface area contributed by atoms with Gasteiger partial charge in [-0.25, -0.2) is 9.78 Å². The van der Waals surface area contributed by atoms with Gasteiger partial charge in [-0.15, -0.1) is 12.4 Å². The van der Waals surface area contributed by atoms with Crippen LogP contribution in [0.2, 0.25) is 0 Å². The molecule has 1 aromatic carbocycles. The minimum absolute atomic E-state index is 0. The lowest BCUT2D eigenvalue weighted by Crippen LogP contribution is -2.30. The summed E-state index contributed by atoms with van der Waals surface area (Å²) in [5.74, 6) is 0.846. The number of benzene rings is 1. The number of hydrogen-bond donors (Lipinski definition) is 2. The predicted octanol–water partition coefficient (Wildman–Crippen LogP) is 1.50. The number of carbonyl (C=O) groups excluding carboxylic acids is 1. The molecule has 4 rings (SSSR count). The van der Waals surface area contributed by atoms with Crippen LogP contribution in [0, 0.1) is 12.8 Å². The van der Waals surface area contributed by atoms with Crippen molar-refractivity contribution in [3.8, 4) is 5.82 Å². The molecule has 1 fully saturated rings. The Morgan fingerprint density at radius 1 is 1.21 bits per heavy atom. The summed E-state index contributed by atoms with van der Waals surface area (Å²) < 4.78 is 1.55. The summed E-state index contributed by atoms with van der Waals surface area (Å²) in [4.78, 5) is 26.2. The quantitative estimate of drug-likeness (QED) is 0.672. The summed E-state index contributed by atoms with van der Waals surface area (Å²) in [7, 11) is 0. The Kier molecular flexibility index (Phi) is 6.14. The molecule has 29 heavy (non-hydrogen) atoms. The van der Waals surface area contributed by atoms with Crippen LogP contribution < -0.4 is 11.3 Å². The molecular formula is C20H23ClN6O2. The van der Waals surface area contributed by atoms with Crippen LogP contribution in [-0.4, -0.2) is 50.4 Å². The minimum Gasteiger partial charge on any atom is -0.338 e. The van der Waals surface area contributed by atoms with Crippen LogP contribution >= 0.6 is 12.4 Å². The SMILES string of the molecule is Cc1c(C(=O)N2C[C@@H](CN)[C@H](c3ccccc3)C2)cnn1-c1ccc(=O)[nH]n1.Cl. The van der Waals surface area contributed by atoms with Gasteiger partial charge in [-0.2, -0.15) is 10.2 Å². The maximum atomic E-state index is 13.2. The van der Waals surface area contributed by atoms with Gasteiger partial charge in [-0.3, -0.25) is 9.59 Å². The summed E-state index contributed by atoms with van der Waals surface area (Å²) >= 11 is 0. The molecule has 0 aliphatic carbocycles. The Hall–Kier alpha value is -2.97. The summed E-state index contributed by atoms with van der Waals surface area (Å²) in [5, 5.41) is 10.6. The molecule has 2 atom stereocenters. The van der Waals surface area contributed by atoms with Gasteiger partial charge in [0.15, 0.2) is 5.82 Å². The second-order valence-corrected chi connectivity index (χ2v) is 7.06. The maximum absolute atomic E-state index is 13.2. The number of aromatic amines is 1. The van der Waals surface area contributed by atoms with Crippen LogP contribution in [0.25, 0.3) is 5.82 Å². The molecule has 3 heterocycles. The van der Waals surface area contributed by atoms with Gasteiger partial charge >= 0.3 is 0 Å². The number of rotatable bonds is 4. The highest BCUT2D eigenvalue weighted by atomic mass is 35.5. The van der Waals surface area contributed by atoms with Crippen LogP contribution in [0.4, 0.5) is 0 Å². The first-order valence-electron chi connectivity index (χ1n) is 9.23. The second kappa shape index (κ2) is 8.59. The number of likely N-dealkylation sites (tertiary alicyclic amines) is 1. The highest BCUT2D eigenvalue weighted by molar-refractivity contribution is 5.95. The van der Waals surface area contributed by atoms with Gasteiger partial charge in [0.05, 0.1) is 17.5 Å². The van der Waals surface area contributed by atoms with Crippen LogP contribution in [0.3, 0.4) is 0 Å². The van der Waals surface area contributed by atoms with E-state index in [1.165, 1.54) is 11.6 Å². The standard InChI is InChI=1S/C20H22N6O2.ClH/c1-13-16(10-22-26(13)18-7-8-19(27)24-23-18)20(28)25-11-15(9-21)17(12-25)14-5-3-2-4-6-14;/h2-8,10,15,17H,9,11-12,21H2,1H3,(H,24,27);1H/t15-,17+;/m1./s1. The van der Waals surface area contributed by atoms with Crippen LogP contribution in [0.15, 0.2) is 53.5 Å². The molecule has 1 saturated heterocycles. The molecule has 0 unspecified atom stereocenters. The first-order valence-corrected chi connectivity index (χ1v) is 9.23. The molecule has 1 aliphatic rings. The van der Waals surface area contributed by atoms with E-state index in [0.29, 0.717) is 36.7 Å². The molecular weight excluding hydrogens is 392 g/mol. The molecule has 3 N–H and O–H groups in total. The largest absolute Gasteiger partial charge is 0.338 e. The number of hydrogen-bond acceptors (Lipinski definition) is 5. The Labute approximate surface area is 174 Å². The van der Waals surface area contributed by atoms with Crippen LogP contribution in [-0.2, 0) is 0 Å². The van der Waals surface area contributed by atoms with E-state index in [0.717, 1.165) is 0 Å². The number of nitrogens with zero attached hydrogens (tertiary/aromatic N) is 4. The minimum atomic E-state index is -0.290. The van der Waals surface area contributed by atoms with Gasteiger partial charge in [0.2, 0.25) is 0 Å². The van der Waals surface area contributed by atoms with Crippen molar-refractivity contribution >= 4 is 18.3 Å². The molecule has 1 aliphatic heterocycles. The molecule has 8 nitrogen and oxygen atoms in total. The lowest BCUT2D eigenvalue weighted by atomic mass is 9.89. The second-order valence-electron chi connectivity index (χ2n) is 7.06. The lowest BCUT2D eigenvalue weighted by molar-refractivity contribution is 0.0785. The number of carbonyl (C=O) groups is 1. The average Bonchev–Trinajstić information content (AvgIpc) is 3.33. The number of halogens is 1. The van der Waals surface area contributed by atoms with Crippen molar-refractivity contribution in [3.63, 3.8) is 0 Å². The van der Waals surface area contributed by atoms with E-state index in [1.54, 1.807) is 16.9 Å². The van der Waals surface area contributed by atoms with Crippen molar-refractivity contribution in [2.24, 2.45) is 11.7 Å². The first kappa shape index (κ1) is 20.8. The lowest BCUT2D eigenvalue weighted by Gasteiger charge is -2.16. The van der Waals surface area contributed by atoms with Crippen LogP contribution in [0.5, 0.6) is 0 Å². The smallest absolute Gasteiger partial charge is 0.264 e. The molecule has 0 bridgehead atoms. The van der Waals surface area contributed by atoms with E-state index in [9.17, 15) is 9.59 Å². The van der Waals surface area contributed by atoms with Crippen molar-refractivity contribution in [2.75, 3.05) is 19.6 Å². The monoisotopic (exact) mass is 414 g/mol. The summed E-state index contributed by atoms with van der Waals surface area (Å²) in [6, 6.07) is 13.1. The van der Waals surface area contributed by atoms with E-state index in [4.69, 9.17) is 5.73 Å². The molecule has 3 aromatic rings.